The fourth-order valence-electron chi connectivity index (χ4n) is 2.98. The first kappa shape index (κ1) is 16.2. The minimum Gasteiger partial charge on any atom is -0.478 e. The van der Waals surface area contributed by atoms with Crippen LogP contribution in [0.1, 0.15) is 51.4 Å². The fourth-order valence-corrected chi connectivity index (χ4v) is 2.98. The van der Waals surface area contributed by atoms with Crippen molar-refractivity contribution >= 4 is 5.97 Å². The summed E-state index contributed by atoms with van der Waals surface area (Å²) in [5.41, 5.74) is -0.566. The molecule has 110 valence electrons. The van der Waals surface area contributed by atoms with Crippen LogP contribution < -0.4 is 0 Å². The molecular formula is C15H26O4. The molecule has 0 aliphatic heterocycles. The van der Waals surface area contributed by atoms with Crippen LogP contribution in [0.3, 0.4) is 0 Å². The van der Waals surface area contributed by atoms with Gasteiger partial charge in [0.15, 0.2) is 0 Å². The Morgan fingerprint density at radius 1 is 1.05 bits per heavy atom. The predicted molar refractivity (Wildman–Crippen MR) is 73.8 cm³/mol. The van der Waals surface area contributed by atoms with Gasteiger partial charge in [-0.15, -0.1) is 0 Å². The van der Waals surface area contributed by atoms with E-state index in [1.54, 1.807) is 6.08 Å². The quantitative estimate of drug-likeness (QED) is 0.685. The van der Waals surface area contributed by atoms with E-state index in [0.717, 1.165) is 44.6 Å². The van der Waals surface area contributed by atoms with Crippen LogP contribution in [0.4, 0.5) is 0 Å². The van der Waals surface area contributed by atoms with Crippen LogP contribution in [-0.2, 0) is 4.79 Å². The summed E-state index contributed by atoms with van der Waals surface area (Å²) in [7, 11) is 0. The van der Waals surface area contributed by atoms with Gasteiger partial charge in [-0.3, -0.25) is 0 Å². The molecule has 19 heavy (non-hydrogen) atoms. The second-order valence-electron chi connectivity index (χ2n) is 5.64. The molecule has 0 spiro atoms. The van der Waals surface area contributed by atoms with Gasteiger partial charge in [0.25, 0.3) is 0 Å². The normalized spacial score (nSPS) is 25.3. The summed E-state index contributed by atoms with van der Waals surface area (Å²) >= 11 is 0. The SMILES string of the molecule is O=C(O)C=CC1CCCCCCCCC1(CO)CO. The molecule has 1 atom stereocenters. The number of hydrogen-bond donors (Lipinski definition) is 3. The van der Waals surface area contributed by atoms with E-state index in [0.29, 0.717) is 0 Å². The number of allylic oxidation sites excluding steroid dienone is 1. The summed E-state index contributed by atoms with van der Waals surface area (Å²) in [4.78, 5) is 10.7. The number of aliphatic carboxylic acids is 1. The molecule has 4 nitrogen and oxygen atoms in total. The van der Waals surface area contributed by atoms with Crippen molar-refractivity contribution in [2.24, 2.45) is 11.3 Å². The highest BCUT2D eigenvalue weighted by atomic mass is 16.4. The third-order valence-electron chi connectivity index (χ3n) is 4.33. The monoisotopic (exact) mass is 270 g/mol. The van der Waals surface area contributed by atoms with Crippen LogP contribution in [0.5, 0.6) is 0 Å². The molecule has 3 N–H and O–H groups in total. The summed E-state index contributed by atoms with van der Waals surface area (Å²) in [6.07, 6.45) is 11.1. The number of aliphatic hydroxyl groups is 2. The summed E-state index contributed by atoms with van der Waals surface area (Å²) in [6.45, 7) is -0.170. The number of carboxylic acids is 1. The molecule has 1 fully saturated rings. The highest BCUT2D eigenvalue weighted by Gasteiger charge is 2.36. The average molecular weight is 270 g/mol. The molecule has 0 aromatic rings. The number of carbonyl (C=O) groups is 1. The van der Waals surface area contributed by atoms with E-state index in [2.05, 4.69) is 0 Å². The third-order valence-corrected chi connectivity index (χ3v) is 4.33. The second-order valence-corrected chi connectivity index (χ2v) is 5.64. The zero-order chi connectivity index (χ0) is 14.1. The molecular weight excluding hydrogens is 244 g/mol. The maximum Gasteiger partial charge on any atom is 0.327 e. The Balaban J connectivity index is 2.87. The summed E-state index contributed by atoms with van der Waals surface area (Å²) in [5.74, 6) is -1.03. The molecule has 0 radical (unpaired) electrons. The Morgan fingerprint density at radius 2 is 1.63 bits per heavy atom. The van der Waals surface area contributed by atoms with E-state index in [1.165, 1.54) is 12.8 Å². The van der Waals surface area contributed by atoms with Crippen molar-refractivity contribution in [3.05, 3.63) is 12.2 Å². The van der Waals surface area contributed by atoms with Crippen molar-refractivity contribution < 1.29 is 20.1 Å². The number of carboxylic acid groups (broad SMARTS) is 1. The summed E-state index contributed by atoms with van der Waals surface area (Å²) in [6, 6.07) is 0. The van der Waals surface area contributed by atoms with Gasteiger partial charge in [-0.2, -0.15) is 0 Å². The van der Waals surface area contributed by atoms with Gasteiger partial charge in [0.1, 0.15) is 0 Å². The lowest BCUT2D eigenvalue weighted by Crippen LogP contribution is -2.37. The predicted octanol–water partition coefficient (Wildman–Crippen LogP) is 2.35. The largest absolute Gasteiger partial charge is 0.478 e. The summed E-state index contributed by atoms with van der Waals surface area (Å²) in [5, 5.41) is 28.2. The van der Waals surface area contributed by atoms with Crippen molar-refractivity contribution in [1.29, 1.82) is 0 Å². The van der Waals surface area contributed by atoms with Gasteiger partial charge in [-0.1, -0.05) is 44.6 Å². The Labute approximate surface area is 115 Å². The number of rotatable bonds is 4. The van der Waals surface area contributed by atoms with E-state index >= 15 is 0 Å². The van der Waals surface area contributed by atoms with Crippen molar-refractivity contribution in [1.82, 2.24) is 0 Å². The van der Waals surface area contributed by atoms with Crippen LogP contribution in [-0.4, -0.2) is 34.5 Å². The number of aliphatic hydroxyl groups excluding tert-OH is 2. The van der Waals surface area contributed by atoms with Gasteiger partial charge < -0.3 is 15.3 Å². The molecule has 0 heterocycles. The lowest BCUT2D eigenvalue weighted by Gasteiger charge is -2.37. The first-order valence-electron chi connectivity index (χ1n) is 7.27. The first-order valence-corrected chi connectivity index (χ1v) is 7.27. The maximum atomic E-state index is 10.7. The van der Waals surface area contributed by atoms with Crippen LogP contribution in [0.25, 0.3) is 0 Å². The van der Waals surface area contributed by atoms with Crippen molar-refractivity contribution in [3.63, 3.8) is 0 Å². The topological polar surface area (TPSA) is 77.8 Å². The molecule has 1 unspecified atom stereocenters. The van der Waals surface area contributed by atoms with E-state index in [9.17, 15) is 15.0 Å². The molecule has 1 aliphatic rings. The molecule has 1 aliphatic carbocycles. The standard InChI is InChI=1S/C15H26O4/c16-11-15(12-17)10-6-4-2-1-3-5-7-13(15)8-9-14(18)19/h8-9,13,16-17H,1-7,10-12H2,(H,18,19). The molecule has 0 aromatic carbocycles. The second kappa shape index (κ2) is 8.33. The lowest BCUT2D eigenvalue weighted by molar-refractivity contribution is -0.131. The highest BCUT2D eigenvalue weighted by Crippen LogP contribution is 2.38. The molecule has 4 heteroatoms. The molecule has 0 aromatic heterocycles. The molecule has 0 bridgehead atoms. The summed E-state index contributed by atoms with van der Waals surface area (Å²) < 4.78 is 0. The smallest absolute Gasteiger partial charge is 0.327 e. The van der Waals surface area contributed by atoms with Gasteiger partial charge in [-0.05, 0) is 18.8 Å². The van der Waals surface area contributed by atoms with E-state index in [4.69, 9.17) is 5.11 Å². The minimum atomic E-state index is -0.970. The Bertz CT molecular complexity index is 295. The number of hydrogen-bond acceptors (Lipinski definition) is 3. The molecule has 0 saturated heterocycles. The first-order chi connectivity index (χ1) is 9.14. The lowest BCUT2D eigenvalue weighted by atomic mass is 9.70. The van der Waals surface area contributed by atoms with Gasteiger partial charge >= 0.3 is 5.97 Å². The van der Waals surface area contributed by atoms with E-state index in [1.807, 2.05) is 0 Å². The van der Waals surface area contributed by atoms with Gasteiger partial charge in [0, 0.05) is 11.5 Å². The van der Waals surface area contributed by atoms with Gasteiger partial charge in [-0.25, -0.2) is 4.79 Å². The molecule has 1 saturated carbocycles. The minimum absolute atomic E-state index is 0.0586. The average Bonchev–Trinajstić information content (AvgIpc) is 2.42. The van der Waals surface area contributed by atoms with Crippen LogP contribution in [0.15, 0.2) is 12.2 Å². The van der Waals surface area contributed by atoms with Crippen LogP contribution >= 0.6 is 0 Å². The molecule has 1 rings (SSSR count). The highest BCUT2D eigenvalue weighted by molar-refractivity contribution is 5.79. The Kier molecular flexibility index (Phi) is 7.10. The van der Waals surface area contributed by atoms with Crippen LogP contribution in [0, 0.1) is 11.3 Å². The third kappa shape index (κ3) is 4.96. The van der Waals surface area contributed by atoms with Gasteiger partial charge in [0.2, 0.25) is 0 Å². The molecule has 0 amide bonds. The van der Waals surface area contributed by atoms with Crippen LogP contribution in [0.2, 0.25) is 0 Å². The van der Waals surface area contributed by atoms with Gasteiger partial charge in [0.05, 0.1) is 13.2 Å². The zero-order valence-electron chi connectivity index (χ0n) is 11.6. The van der Waals surface area contributed by atoms with Crippen molar-refractivity contribution in [3.8, 4) is 0 Å². The Morgan fingerprint density at radius 3 is 2.21 bits per heavy atom. The van der Waals surface area contributed by atoms with Crippen molar-refractivity contribution in [2.75, 3.05) is 13.2 Å². The van der Waals surface area contributed by atoms with E-state index < -0.39 is 11.4 Å². The van der Waals surface area contributed by atoms with E-state index in [-0.39, 0.29) is 19.1 Å². The zero-order valence-corrected chi connectivity index (χ0v) is 11.6. The van der Waals surface area contributed by atoms with Crippen molar-refractivity contribution in [2.45, 2.75) is 51.4 Å². The maximum absolute atomic E-state index is 10.7. The fraction of sp³-hybridized carbons (Fsp3) is 0.800. The Hall–Kier alpha value is -0.870.